The van der Waals surface area contributed by atoms with Crippen LogP contribution in [-0.4, -0.2) is 70.0 Å². The van der Waals surface area contributed by atoms with Gasteiger partial charge in [0.15, 0.2) is 5.69 Å². The number of nitrogens with zero attached hydrogens (tertiary/aromatic N) is 5. The Morgan fingerprint density at radius 1 is 1.46 bits per heavy atom. The normalized spacial score (nSPS) is 15.4. The van der Waals surface area contributed by atoms with Gasteiger partial charge in [0, 0.05) is 20.2 Å². The molecule has 0 bridgehead atoms. The van der Waals surface area contributed by atoms with Gasteiger partial charge < -0.3 is 24.2 Å². The molecule has 0 radical (unpaired) electrons. The van der Waals surface area contributed by atoms with Crippen LogP contribution in [0.3, 0.4) is 0 Å². The van der Waals surface area contributed by atoms with Crippen molar-refractivity contribution in [2.45, 2.75) is 32.7 Å². The van der Waals surface area contributed by atoms with Crippen molar-refractivity contribution in [3.8, 4) is 0 Å². The lowest BCUT2D eigenvalue weighted by molar-refractivity contribution is 0.0690. The van der Waals surface area contributed by atoms with E-state index in [0.29, 0.717) is 48.9 Å². The van der Waals surface area contributed by atoms with Gasteiger partial charge in [0.25, 0.3) is 5.91 Å². The topological polar surface area (TPSA) is 96.9 Å². The van der Waals surface area contributed by atoms with Crippen molar-refractivity contribution in [3.63, 3.8) is 0 Å². The molecule has 0 unspecified atom stereocenters. The molecule has 1 N–H and O–H groups in total. The van der Waals surface area contributed by atoms with E-state index in [4.69, 9.17) is 9.26 Å². The molecule has 0 saturated carbocycles. The fourth-order valence-electron chi connectivity index (χ4n) is 3.09. The van der Waals surface area contributed by atoms with Crippen LogP contribution in [0.1, 0.15) is 39.3 Å². The van der Waals surface area contributed by atoms with E-state index in [1.807, 2.05) is 29.7 Å². The van der Waals surface area contributed by atoms with Crippen molar-refractivity contribution in [2.75, 3.05) is 34.3 Å². The lowest BCUT2D eigenvalue weighted by atomic mass is 10.1. The van der Waals surface area contributed by atoms with E-state index in [2.05, 4.69) is 10.3 Å². The van der Waals surface area contributed by atoms with E-state index in [0.717, 1.165) is 5.69 Å². The summed E-state index contributed by atoms with van der Waals surface area (Å²) in [5, 5.41) is 18.6. The number of carbonyl (C=O) groups is 1. The van der Waals surface area contributed by atoms with Gasteiger partial charge in [-0.2, -0.15) is 5.10 Å². The number of carbonyl (C=O) groups excluding carboxylic acids is 1. The monoisotopic (exact) mass is 363 g/mol. The predicted molar refractivity (Wildman–Crippen MR) is 92.4 cm³/mol. The van der Waals surface area contributed by atoms with Gasteiger partial charge in [-0.25, -0.2) is 0 Å². The first-order chi connectivity index (χ1) is 12.4. The number of amides is 1. The van der Waals surface area contributed by atoms with Crippen LogP contribution in [0, 0.1) is 6.92 Å². The van der Waals surface area contributed by atoms with Crippen LogP contribution < -0.4 is 0 Å². The lowest BCUT2D eigenvalue weighted by Crippen LogP contribution is -2.39. The van der Waals surface area contributed by atoms with E-state index in [9.17, 15) is 9.90 Å². The molecule has 142 valence electrons. The first kappa shape index (κ1) is 18.6. The standard InChI is InChI=1S/C17H25N5O4/c1-11-13(10-25-4)16(19-26-11)17(24)21-5-6-22-12(8-21)7-14(18-22)15(23)9-20(2)3/h7,15,23H,5-6,8-10H2,1-4H3/t15-/m1/s1. The number of fused-ring (bicyclic) bond motifs is 1. The summed E-state index contributed by atoms with van der Waals surface area (Å²) in [6, 6.07) is 1.86. The summed E-state index contributed by atoms with van der Waals surface area (Å²) in [6.07, 6.45) is -0.654. The number of aliphatic hydroxyl groups is 1. The van der Waals surface area contributed by atoms with Crippen LogP contribution >= 0.6 is 0 Å². The van der Waals surface area contributed by atoms with Gasteiger partial charge in [0.1, 0.15) is 11.9 Å². The zero-order valence-electron chi connectivity index (χ0n) is 15.6. The van der Waals surface area contributed by atoms with Crippen molar-refractivity contribution < 1.29 is 19.2 Å². The molecule has 1 aliphatic heterocycles. The largest absolute Gasteiger partial charge is 0.385 e. The third kappa shape index (κ3) is 3.64. The minimum Gasteiger partial charge on any atom is -0.385 e. The molecule has 9 nitrogen and oxygen atoms in total. The van der Waals surface area contributed by atoms with Crippen molar-refractivity contribution >= 4 is 5.91 Å². The van der Waals surface area contributed by atoms with Gasteiger partial charge in [-0.05, 0) is 27.1 Å². The summed E-state index contributed by atoms with van der Waals surface area (Å²) in [7, 11) is 5.37. The third-order valence-electron chi connectivity index (χ3n) is 4.46. The molecule has 3 rings (SSSR count). The maximum absolute atomic E-state index is 12.9. The molecule has 2 aromatic rings. The maximum Gasteiger partial charge on any atom is 0.276 e. The van der Waals surface area contributed by atoms with Crippen LogP contribution in [0.2, 0.25) is 0 Å². The molecule has 0 aromatic carbocycles. The van der Waals surface area contributed by atoms with Crippen LogP contribution in [0.15, 0.2) is 10.6 Å². The Kier molecular flexibility index (Phi) is 5.40. The summed E-state index contributed by atoms with van der Waals surface area (Å²) in [6.45, 7) is 4.06. The molecule has 9 heteroatoms. The Hall–Kier alpha value is -2.23. The van der Waals surface area contributed by atoms with E-state index < -0.39 is 6.10 Å². The number of likely N-dealkylation sites (N-methyl/N-ethyl adjacent to an activating group) is 1. The number of aryl methyl sites for hydroxylation is 1. The van der Waals surface area contributed by atoms with Gasteiger partial charge in [0.05, 0.1) is 36.6 Å². The molecule has 0 aliphatic carbocycles. The molecule has 1 atom stereocenters. The van der Waals surface area contributed by atoms with Gasteiger partial charge >= 0.3 is 0 Å². The van der Waals surface area contributed by atoms with Gasteiger partial charge in [-0.15, -0.1) is 0 Å². The first-order valence-electron chi connectivity index (χ1n) is 8.53. The SMILES string of the molecule is COCc1c(C(=O)N2CCn3nc([C@H](O)CN(C)C)cc3C2)noc1C. The molecule has 1 amide bonds. The minimum absolute atomic E-state index is 0.184. The molecule has 1 aliphatic rings. The van der Waals surface area contributed by atoms with Gasteiger partial charge in [-0.3, -0.25) is 9.48 Å². The molecule has 0 fully saturated rings. The number of hydrogen-bond donors (Lipinski definition) is 1. The number of rotatable bonds is 6. The van der Waals surface area contributed by atoms with E-state index >= 15 is 0 Å². The third-order valence-corrected chi connectivity index (χ3v) is 4.46. The molecule has 0 spiro atoms. The fraction of sp³-hybridized carbons (Fsp3) is 0.588. The first-order valence-corrected chi connectivity index (χ1v) is 8.53. The fourth-order valence-corrected chi connectivity index (χ4v) is 3.09. The molecule has 26 heavy (non-hydrogen) atoms. The molecular weight excluding hydrogens is 338 g/mol. The maximum atomic E-state index is 12.9. The van der Waals surface area contributed by atoms with E-state index in [-0.39, 0.29) is 12.5 Å². The highest BCUT2D eigenvalue weighted by Gasteiger charge is 2.29. The Balaban J connectivity index is 1.76. The van der Waals surface area contributed by atoms with E-state index in [1.54, 1.807) is 18.9 Å². The number of aliphatic hydroxyl groups excluding tert-OH is 1. The quantitative estimate of drug-likeness (QED) is 0.802. The summed E-state index contributed by atoms with van der Waals surface area (Å²) >= 11 is 0. The Labute approximate surface area is 152 Å². The highest BCUT2D eigenvalue weighted by molar-refractivity contribution is 5.93. The number of hydrogen-bond acceptors (Lipinski definition) is 7. The highest BCUT2D eigenvalue weighted by atomic mass is 16.5. The summed E-state index contributed by atoms with van der Waals surface area (Å²) in [5.74, 6) is 0.406. The van der Waals surface area contributed by atoms with Crippen LogP contribution in [0.5, 0.6) is 0 Å². The molecular formula is C17H25N5O4. The van der Waals surface area contributed by atoms with Gasteiger partial charge in [0.2, 0.25) is 0 Å². The summed E-state index contributed by atoms with van der Waals surface area (Å²) in [4.78, 5) is 16.5. The van der Waals surface area contributed by atoms with Crippen LogP contribution in [0.25, 0.3) is 0 Å². The second-order valence-electron chi connectivity index (χ2n) is 6.79. The molecule has 2 aromatic heterocycles. The molecule has 3 heterocycles. The van der Waals surface area contributed by atoms with Crippen molar-refractivity contribution in [1.82, 2.24) is 24.7 Å². The zero-order chi connectivity index (χ0) is 18.8. The number of aromatic nitrogens is 3. The van der Waals surface area contributed by atoms with Crippen LogP contribution in [-0.2, 0) is 24.4 Å². The van der Waals surface area contributed by atoms with Crippen molar-refractivity contribution in [3.05, 3.63) is 34.5 Å². The average molecular weight is 363 g/mol. The Morgan fingerprint density at radius 3 is 2.92 bits per heavy atom. The lowest BCUT2D eigenvalue weighted by Gasteiger charge is -2.27. The van der Waals surface area contributed by atoms with E-state index in [1.165, 1.54) is 0 Å². The molecule has 0 saturated heterocycles. The summed E-state index contributed by atoms with van der Waals surface area (Å²) in [5.41, 5.74) is 2.50. The second-order valence-corrected chi connectivity index (χ2v) is 6.79. The average Bonchev–Trinajstić information content (AvgIpc) is 3.17. The highest BCUT2D eigenvalue weighted by Crippen LogP contribution is 2.22. The number of ether oxygens (including phenoxy) is 1. The zero-order valence-corrected chi connectivity index (χ0v) is 15.6. The smallest absolute Gasteiger partial charge is 0.276 e. The van der Waals surface area contributed by atoms with Crippen molar-refractivity contribution in [1.29, 1.82) is 0 Å². The Bertz CT molecular complexity index is 782. The van der Waals surface area contributed by atoms with Gasteiger partial charge in [-0.1, -0.05) is 5.16 Å². The van der Waals surface area contributed by atoms with Crippen LogP contribution in [0.4, 0.5) is 0 Å². The number of methoxy groups -OCH3 is 1. The van der Waals surface area contributed by atoms with Crippen molar-refractivity contribution in [2.24, 2.45) is 0 Å². The second kappa shape index (κ2) is 7.56. The Morgan fingerprint density at radius 2 is 2.23 bits per heavy atom. The summed E-state index contributed by atoms with van der Waals surface area (Å²) < 4.78 is 12.2. The predicted octanol–water partition coefficient (Wildman–Crippen LogP) is 0.577. The minimum atomic E-state index is -0.654.